The zero-order chi connectivity index (χ0) is 22.0. The Bertz CT molecular complexity index is 1030. The number of nitrogens with one attached hydrogen (secondary N) is 1. The Kier molecular flexibility index (Phi) is 6.15. The number of anilines is 1. The number of rotatable bonds is 6. The van der Waals surface area contributed by atoms with Gasteiger partial charge < -0.3 is 10.1 Å². The highest BCUT2D eigenvalue weighted by atomic mass is 19.1. The number of imide groups is 1. The van der Waals surface area contributed by atoms with E-state index in [0.717, 1.165) is 29.9 Å². The molecule has 4 rings (SSSR count). The molecule has 31 heavy (non-hydrogen) atoms. The molecule has 162 valence electrons. The third-order valence-electron chi connectivity index (χ3n) is 5.91. The van der Waals surface area contributed by atoms with Crippen molar-refractivity contribution < 1.29 is 18.7 Å². The van der Waals surface area contributed by atoms with E-state index in [2.05, 4.69) is 10.2 Å². The topological polar surface area (TPSA) is 61.9 Å². The van der Waals surface area contributed by atoms with Crippen molar-refractivity contribution in [1.82, 2.24) is 9.80 Å². The van der Waals surface area contributed by atoms with Gasteiger partial charge in [0, 0.05) is 31.9 Å². The van der Waals surface area contributed by atoms with Crippen LogP contribution in [-0.4, -0.2) is 61.0 Å². The normalized spacial score (nSPS) is 17.6. The lowest BCUT2D eigenvalue weighted by atomic mass is 10.0. The van der Waals surface area contributed by atoms with E-state index in [0.29, 0.717) is 31.9 Å². The van der Waals surface area contributed by atoms with E-state index in [1.807, 2.05) is 32.0 Å². The number of morpholine rings is 1. The third-order valence-corrected chi connectivity index (χ3v) is 5.91. The highest BCUT2D eigenvalue weighted by molar-refractivity contribution is 6.36. The van der Waals surface area contributed by atoms with Crippen LogP contribution in [0.3, 0.4) is 0 Å². The number of amides is 2. The fourth-order valence-corrected chi connectivity index (χ4v) is 3.87. The second-order valence-corrected chi connectivity index (χ2v) is 7.85. The maximum atomic E-state index is 13.5. The zero-order valence-corrected chi connectivity index (χ0v) is 17.8. The molecule has 0 unspecified atom stereocenters. The molecule has 0 saturated carbocycles. The highest BCUT2D eigenvalue weighted by Crippen LogP contribution is 2.31. The first-order valence-corrected chi connectivity index (χ1v) is 10.5. The monoisotopic (exact) mass is 423 g/mol. The Balaban J connectivity index is 1.65. The average molecular weight is 423 g/mol. The molecular formula is C24H26FN3O3. The van der Waals surface area contributed by atoms with E-state index in [1.54, 1.807) is 0 Å². The Morgan fingerprint density at radius 2 is 1.68 bits per heavy atom. The van der Waals surface area contributed by atoms with Gasteiger partial charge in [-0.3, -0.25) is 19.4 Å². The number of nitrogens with zero attached hydrogens (tertiary/aromatic N) is 2. The van der Waals surface area contributed by atoms with Gasteiger partial charge >= 0.3 is 0 Å². The Hall–Kier alpha value is -3.03. The summed E-state index contributed by atoms with van der Waals surface area (Å²) in [4.78, 5) is 30.1. The largest absolute Gasteiger partial charge is 0.379 e. The fraction of sp³-hybridized carbons (Fsp3) is 0.333. The predicted molar refractivity (Wildman–Crippen MR) is 117 cm³/mol. The molecule has 2 aliphatic rings. The quantitative estimate of drug-likeness (QED) is 0.724. The van der Waals surface area contributed by atoms with E-state index in [9.17, 15) is 14.0 Å². The van der Waals surface area contributed by atoms with Crippen LogP contribution >= 0.6 is 0 Å². The van der Waals surface area contributed by atoms with Gasteiger partial charge in [0.15, 0.2) is 0 Å². The van der Waals surface area contributed by atoms with Crippen LogP contribution in [0.4, 0.5) is 10.1 Å². The summed E-state index contributed by atoms with van der Waals surface area (Å²) in [6, 6.07) is 11.4. The van der Waals surface area contributed by atoms with Crippen LogP contribution in [0.15, 0.2) is 48.2 Å². The van der Waals surface area contributed by atoms with Gasteiger partial charge in [-0.05, 0) is 48.7 Å². The van der Waals surface area contributed by atoms with Crippen LogP contribution in [-0.2, 0) is 14.3 Å². The molecule has 6 nitrogen and oxygen atoms in total. The molecule has 2 heterocycles. The first-order valence-electron chi connectivity index (χ1n) is 10.5. The average Bonchev–Trinajstić information content (AvgIpc) is 3.00. The SMILES string of the molecule is Cc1cccc(NC2=C(c3ccc(F)cc3)C(=O)N(CCN3CCOCC3)C2=O)c1C. The molecule has 1 saturated heterocycles. The summed E-state index contributed by atoms with van der Waals surface area (Å²) in [6.45, 7) is 7.71. The lowest BCUT2D eigenvalue weighted by Gasteiger charge is -2.28. The number of ether oxygens (including phenoxy) is 1. The van der Waals surface area contributed by atoms with Gasteiger partial charge in [0.25, 0.3) is 11.8 Å². The summed E-state index contributed by atoms with van der Waals surface area (Å²) in [5, 5.41) is 3.20. The Labute approximate surface area is 181 Å². The lowest BCUT2D eigenvalue weighted by Crippen LogP contribution is -2.43. The molecule has 2 aromatic rings. The van der Waals surface area contributed by atoms with Crippen molar-refractivity contribution in [3.05, 3.63) is 70.7 Å². The molecule has 1 N–H and O–H groups in total. The maximum absolute atomic E-state index is 13.5. The molecule has 2 amide bonds. The van der Waals surface area contributed by atoms with Crippen LogP contribution < -0.4 is 5.32 Å². The van der Waals surface area contributed by atoms with Crippen molar-refractivity contribution in [3.8, 4) is 0 Å². The van der Waals surface area contributed by atoms with Crippen molar-refractivity contribution in [1.29, 1.82) is 0 Å². The van der Waals surface area contributed by atoms with Gasteiger partial charge in [0.05, 0.1) is 18.8 Å². The summed E-state index contributed by atoms with van der Waals surface area (Å²) in [7, 11) is 0. The summed E-state index contributed by atoms with van der Waals surface area (Å²) in [5.74, 6) is -1.12. The minimum Gasteiger partial charge on any atom is -0.379 e. The van der Waals surface area contributed by atoms with Crippen molar-refractivity contribution in [2.24, 2.45) is 0 Å². The smallest absolute Gasteiger partial charge is 0.278 e. The summed E-state index contributed by atoms with van der Waals surface area (Å²) < 4.78 is 18.8. The molecule has 0 atom stereocenters. The fourth-order valence-electron chi connectivity index (χ4n) is 3.87. The molecule has 0 spiro atoms. The second-order valence-electron chi connectivity index (χ2n) is 7.85. The number of hydrogen-bond acceptors (Lipinski definition) is 5. The van der Waals surface area contributed by atoms with Crippen LogP contribution in [0.1, 0.15) is 16.7 Å². The van der Waals surface area contributed by atoms with Crippen molar-refractivity contribution >= 4 is 23.1 Å². The number of carbonyl (C=O) groups is 2. The van der Waals surface area contributed by atoms with E-state index in [-0.39, 0.29) is 23.1 Å². The predicted octanol–water partition coefficient (Wildman–Crippen LogP) is 2.97. The van der Waals surface area contributed by atoms with Gasteiger partial charge in [0.2, 0.25) is 0 Å². The number of carbonyl (C=O) groups excluding carboxylic acids is 2. The van der Waals surface area contributed by atoms with Gasteiger partial charge in [-0.2, -0.15) is 0 Å². The van der Waals surface area contributed by atoms with Gasteiger partial charge in [-0.25, -0.2) is 4.39 Å². The minimum atomic E-state index is -0.394. The van der Waals surface area contributed by atoms with Crippen molar-refractivity contribution in [3.63, 3.8) is 0 Å². The van der Waals surface area contributed by atoms with Crippen LogP contribution in [0.2, 0.25) is 0 Å². The Morgan fingerprint density at radius 1 is 0.968 bits per heavy atom. The molecule has 7 heteroatoms. The first kappa shape index (κ1) is 21.2. The molecule has 2 aliphatic heterocycles. The van der Waals surface area contributed by atoms with E-state index in [4.69, 9.17) is 4.74 Å². The number of benzene rings is 2. The molecule has 2 aromatic carbocycles. The van der Waals surface area contributed by atoms with Gasteiger partial charge in [-0.1, -0.05) is 24.3 Å². The van der Waals surface area contributed by atoms with Crippen LogP contribution in [0.5, 0.6) is 0 Å². The lowest BCUT2D eigenvalue weighted by molar-refractivity contribution is -0.137. The number of hydrogen-bond donors (Lipinski definition) is 1. The molecule has 0 aromatic heterocycles. The second kappa shape index (κ2) is 8.99. The zero-order valence-electron chi connectivity index (χ0n) is 17.8. The molecular weight excluding hydrogens is 397 g/mol. The van der Waals surface area contributed by atoms with Gasteiger partial charge in [0.1, 0.15) is 11.5 Å². The van der Waals surface area contributed by atoms with Crippen LogP contribution in [0, 0.1) is 19.7 Å². The van der Waals surface area contributed by atoms with E-state index in [1.165, 1.54) is 29.2 Å². The van der Waals surface area contributed by atoms with E-state index >= 15 is 0 Å². The summed E-state index contributed by atoms with van der Waals surface area (Å²) in [5.41, 5.74) is 3.86. The maximum Gasteiger partial charge on any atom is 0.278 e. The Morgan fingerprint density at radius 3 is 2.39 bits per heavy atom. The minimum absolute atomic E-state index is 0.229. The number of halogens is 1. The third kappa shape index (κ3) is 4.38. The molecule has 0 bridgehead atoms. The summed E-state index contributed by atoms with van der Waals surface area (Å²) >= 11 is 0. The first-order chi connectivity index (χ1) is 15.0. The number of aryl methyl sites for hydroxylation is 1. The van der Waals surface area contributed by atoms with Crippen LogP contribution in [0.25, 0.3) is 5.57 Å². The molecule has 1 fully saturated rings. The molecule has 0 aliphatic carbocycles. The van der Waals surface area contributed by atoms with Crippen molar-refractivity contribution in [2.75, 3.05) is 44.7 Å². The van der Waals surface area contributed by atoms with E-state index < -0.39 is 5.82 Å². The summed E-state index contributed by atoms with van der Waals surface area (Å²) in [6.07, 6.45) is 0. The highest BCUT2D eigenvalue weighted by Gasteiger charge is 2.39. The standard InChI is InChI=1S/C24H26FN3O3/c1-16-4-3-5-20(17(16)2)26-22-21(18-6-8-19(25)9-7-18)23(29)28(24(22)30)11-10-27-12-14-31-15-13-27/h3-9,26H,10-15H2,1-2H3. The van der Waals surface area contributed by atoms with Gasteiger partial charge in [-0.15, -0.1) is 0 Å². The molecule has 0 radical (unpaired) electrons. The van der Waals surface area contributed by atoms with Crippen molar-refractivity contribution in [2.45, 2.75) is 13.8 Å².